The molecule has 0 aromatic heterocycles. The molecule has 0 saturated carbocycles. The molecule has 1 aliphatic heterocycles. The number of benzene rings is 2. The Morgan fingerprint density at radius 2 is 1.78 bits per heavy atom. The largest absolute Gasteiger partial charge is 0.493 e. The van der Waals surface area contributed by atoms with Gasteiger partial charge in [0.15, 0.2) is 11.5 Å². The smallest absolute Gasteiger partial charge is 0.251 e. The molecule has 2 aromatic rings. The Labute approximate surface area is 212 Å². The first-order valence-corrected chi connectivity index (χ1v) is 13.2. The molecule has 2 N–H and O–H groups in total. The number of methoxy groups -OCH3 is 2. The second kappa shape index (κ2) is 12.5. The lowest BCUT2D eigenvalue weighted by Crippen LogP contribution is -2.36. The summed E-state index contributed by atoms with van der Waals surface area (Å²) in [4.78, 5) is 24.3. The summed E-state index contributed by atoms with van der Waals surface area (Å²) in [7, 11) is -0.561. The molecule has 1 aliphatic rings. The van der Waals surface area contributed by atoms with Gasteiger partial charge in [0.1, 0.15) is 0 Å². The van der Waals surface area contributed by atoms with Crippen LogP contribution in [0.15, 0.2) is 60.0 Å². The third kappa shape index (κ3) is 6.86. The third-order valence-electron chi connectivity index (χ3n) is 6.12. The first-order valence-electron chi connectivity index (χ1n) is 11.8. The van der Waals surface area contributed by atoms with Gasteiger partial charge < -0.3 is 20.1 Å². The van der Waals surface area contributed by atoms with Crippen LogP contribution in [0.1, 0.15) is 35.2 Å². The third-order valence-corrected chi connectivity index (χ3v) is 8.03. The zero-order chi connectivity index (χ0) is 26.1. The number of rotatable bonds is 10. The summed E-state index contributed by atoms with van der Waals surface area (Å²) in [5.74, 6) is 0.725. The van der Waals surface area contributed by atoms with E-state index in [1.165, 1.54) is 34.6 Å². The quantitative estimate of drug-likeness (QED) is 0.470. The molecule has 1 atom stereocenters. The number of hydrogen-bond acceptors (Lipinski definition) is 6. The van der Waals surface area contributed by atoms with E-state index in [1.807, 2.05) is 18.2 Å². The van der Waals surface area contributed by atoms with Crippen molar-refractivity contribution in [2.24, 2.45) is 0 Å². The van der Waals surface area contributed by atoms with Crippen molar-refractivity contribution < 1.29 is 27.5 Å². The van der Waals surface area contributed by atoms with E-state index >= 15 is 0 Å². The number of nitrogens with one attached hydrogen (secondary N) is 2. The van der Waals surface area contributed by atoms with Crippen molar-refractivity contribution in [1.29, 1.82) is 0 Å². The van der Waals surface area contributed by atoms with Crippen LogP contribution in [0.4, 0.5) is 0 Å². The molecule has 10 heteroatoms. The fraction of sp³-hybridized carbons (Fsp3) is 0.385. The van der Waals surface area contributed by atoms with Gasteiger partial charge in [0, 0.05) is 31.2 Å². The van der Waals surface area contributed by atoms with E-state index in [0.29, 0.717) is 62.4 Å². The molecule has 1 fully saturated rings. The fourth-order valence-corrected chi connectivity index (χ4v) is 5.59. The standard InChI is InChI=1S/C26H33N3O6S/c1-4-25(30)28-21-6-5-16-29(17-14-21)36(32,33)22-10-8-20(9-11-22)26(31)27-15-13-19-7-12-23(34-2)24(18-19)35-3/h4,7-12,18,21H,1,5-6,13-17H2,2-3H3,(H,27,31)(H,28,30). The first-order chi connectivity index (χ1) is 17.3. The van der Waals surface area contributed by atoms with E-state index in [0.717, 1.165) is 5.56 Å². The van der Waals surface area contributed by atoms with E-state index in [9.17, 15) is 18.0 Å². The minimum absolute atomic E-state index is 0.0826. The molecule has 2 amide bonds. The molecule has 0 radical (unpaired) electrons. The highest BCUT2D eigenvalue weighted by atomic mass is 32.2. The SMILES string of the molecule is C=CC(=O)NC1CCCN(S(=O)(=O)c2ccc(C(=O)NCCc3ccc(OC)c(OC)c3)cc2)CC1. The van der Waals surface area contributed by atoms with Crippen LogP contribution in [0.5, 0.6) is 11.5 Å². The van der Waals surface area contributed by atoms with Crippen molar-refractivity contribution in [3.8, 4) is 11.5 Å². The van der Waals surface area contributed by atoms with E-state index in [4.69, 9.17) is 9.47 Å². The van der Waals surface area contributed by atoms with Crippen LogP contribution < -0.4 is 20.1 Å². The summed E-state index contributed by atoms with van der Waals surface area (Å²) in [6.45, 7) is 4.54. The van der Waals surface area contributed by atoms with Gasteiger partial charge in [0.05, 0.1) is 19.1 Å². The second-order valence-electron chi connectivity index (χ2n) is 8.46. The topological polar surface area (TPSA) is 114 Å². The molecule has 3 rings (SSSR count). The van der Waals surface area contributed by atoms with Crippen LogP contribution in [0, 0.1) is 0 Å². The number of carbonyl (C=O) groups is 2. The molecule has 0 aliphatic carbocycles. The van der Waals surface area contributed by atoms with Crippen molar-refractivity contribution >= 4 is 21.8 Å². The summed E-state index contributed by atoms with van der Waals surface area (Å²) in [6, 6.07) is 11.5. The van der Waals surface area contributed by atoms with Gasteiger partial charge in [0.25, 0.3) is 5.91 Å². The molecule has 0 bridgehead atoms. The van der Waals surface area contributed by atoms with Crippen molar-refractivity contribution in [2.45, 2.75) is 36.6 Å². The maximum atomic E-state index is 13.1. The van der Waals surface area contributed by atoms with Crippen molar-refractivity contribution in [2.75, 3.05) is 33.9 Å². The van der Waals surface area contributed by atoms with Crippen LogP contribution in [-0.4, -0.2) is 64.4 Å². The Kier molecular flexibility index (Phi) is 9.49. The normalized spacial score (nSPS) is 16.4. The van der Waals surface area contributed by atoms with E-state index in [-0.39, 0.29) is 22.8 Å². The highest BCUT2D eigenvalue weighted by Crippen LogP contribution is 2.27. The number of ether oxygens (including phenoxy) is 2. The van der Waals surface area contributed by atoms with Gasteiger partial charge in [-0.05, 0) is 73.7 Å². The van der Waals surface area contributed by atoms with Gasteiger partial charge in [0.2, 0.25) is 15.9 Å². The van der Waals surface area contributed by atoms with E-state index in [1.54, 1.807) is 14.2 Å². The van der Waals surface area contributed by atoms with Crippen LogP contribution in [0.25, 0.3) is 0 Å². The summed E-state index contributed by atoms with van der Waals surface area (Å²) in [5.41, 5.74) is 1.36. The lowest BCUT2D eigenvalue weighted by molar-refractivity contribution is -0.117. The van der Waals surface area contributed by atoms with Gasteiger partial charge in [-0.15, -0.1) is 0 Å². The van der Waals surface area contributed by atoms with Gasteiger partial charge in [-0.1, -0.05) is 12.6 Å². The molecular weight excluding hydrogens is 482 g/mol. The Morgan fingerprint density at radius 1 is 1.06 bits per heavy atom. The molecule has 194 valence electrons. The number of sulfonamides is 1. The minimum Gasteiger partial charge on any atom is -0.493 e. The number of nitrogens with zero attached hydrogens (tertiary/aromatic N) is 1. The molecule has 0 spiro atoms. The fourth-order valence-electron chi connectivity index (χ4n) is 4.10. The highest BCUT2D eigenvalue weighted by Gasteiger charge is 2.28. The lowest BCUT2D eigenvalue weighted by atomic mass is 10.1. The first kappa shape index (κ1) is 27.2. The predicted octanol–water partition coefficient (Wildman–Crippen LogP) is 2.52. The maximum absolute atomic E-state index is 13.1. The van der Waals surface area contributed by atoms with Crippen molar-refractivity contribution in [1.82, 2.24) is 14.9 Å². The Balaban J connectivity index is 1.56. The summed E-state index contributed by atoms with van der Waals surface area (Å²) in [5, 5.41) is 5.70. The van der Waals surface area contributed by atoms with Gasteiger partial charge in [-0.3, -0.25) is 9.59 Å². The Bertz CT molecular complexity index is 1180. The number of carbonyl (C=O) groups excluding carboxylic acids is 2. The predicted molar refractivity (Wildman–Crippen MR) is 137 cm³/mol. The second-order valence-corrected chi connectivity index (χ2v) is 10.4. The van der Waals surface area contributed by atoms with Gasteiger partial charge in [-0.2, -0.15) is 4.31 Å². The summed E-state index contributed by atoms with van der Waals surface area (Å²) < 4.78 is 38.2. The van der Waals surface area contributed by atoms with Crippen LogP contribution in [0.3, 0.4) is 0 Å². The zero-order valence-electron chi connectivity index (χ0n) is 20.7. The molecule has 1 saturated heterocycles. The average molecular weight is 516 g/mol. The van der Waals surface area contributed by atoms with Crippen molar-refractivity contribution in [3.05, 3.63) is 66.2 Å². The monoisotopic (exact) mass is 515 g/mol. The summed E-state index contributed by atoms with van der Waals surface area (Å²) >= 11 is 0. The van der Waals surface area contributed by atoms with Gasteiger partial charge in [-0.25, -0.2) is 8.42 Å². The van der Waals surface area contributed by atoms with Crippen molar-refractivity contribution in [3.63, 3.8) is 0 Å². The average Bonchev–Trinajstić information content (AvgIpc) is 3.14. The number of amides is 2. The molecule has 1 heterocycles. The van der Waals surface area contributed by atoms with Gasteiger partial charge >= 0.3 is 0 Å². The van der Waals surface area contributed by atoms with Crippen LogP contribution in [0.2, 0.25) is 0 Å². The molecule has 9 nitrogen and oxygen atoms in total. The molecule has 2 aromatic carbocycles. The lowest BCUT2D eigenvalue weighted by Gasteiger charge is -2.20. The van der Waals surface area contributed by atoms with Crippen LogP contribution >= 0.6 is 0 Å². The Morgan fingerprint density at radius 3 is 2.44 bits per heavy atom. The maximum Gasteiger partial charge on any atom is 0.251 e. The minimum atomic E-state index is -3.70. The molecular formula is C26H33N3O6S. The highest BCUT2D eigenvalue weighted by molar-refractivity contribution is 7.89. The van der Waals surface area contributed by atoms with E-state index < -0.39 is 10.0 Å². The Hall–Kier alpha value is -3.37. The molecule has 1 unspecified atom stereocenters. The summed E-state index contributed by atoms with van der Waals surface area (Å²) in [6.07, 6.45) is 3.68. The number of hydrogen-bond donors (Lipinski definition) is 2. The molecule has 36 heavy (non-hydrogen) atoms. The van der Waals surface area contributed by atoms with Crippen LogP contribution in [-0.2, 0) is 21.2 Å². The zero-order valence-corrected chi connectivity index (χ0v) is 21.5. The van der Waals surface area contributed by atoms with E-state index in [2.05, 4.69) is 17.2 Å².